The van der Waals surface area contributed by atoms with Gasteiger partial charge in [0.2, 0.25) is 0 Å². The lowest BCUT2D eigenvalue weighted by Gasteiger charge is -2.37. The van der Waals surface area contributed by atoms with Gasteiger partial charge in [-0.15, -0.1) is 0 Å². The second kappa shape index (κ2) is 8.38. The van der Waals surface area contributed by atoms with Crippen molar-refractivity contribution in [3.8, 4) is 11.5 Å². The van der Waals surface area contributed by atoms with E-state index < -0.39 is 6.10 Å². The van der Waals surface area contributed by atoms with E-state index in [1.807, 2.05) is 12.1 Å². The number of aryl methyl sites for hydroxylation is 1. The van der Waals surface area contributed by atoms with Crippen molar-refractivity contribution < 1.29 is 19.3 Å². The molecule has 1 heterocycles. The highest BCUT2D eigenvalue weighted by molar-refractivity contribution is 5.48. The number of hydrogen-bond acceptors (Lipinski definition) is 5. The number of phenolic OH excluding ortho intramolecular Hbond substituents is 1. The van der Waals surface area contributed by atoms with Crippen LogP contribution in [-0.4, -0.2) is 60.5 Å². The first-order chi connectivity index (χ1) is 12.5. The van der Waals surface area contributed by atoms with Gasteiger partial charge in [-0.3, -0.25) is 4.90 Å². The smallest absolute Gasteiger partial charge is 0.128 e. The van der Waals surface area contributed by atoms with Gasteiger partial charge in [-0.2, -0.15) is 0 Å². The molecule has 0 radical (unpaired) electrons. The Morgan fingerprint density at radius 1 is 1.08 bits per heavy atom. The van der Waals surface area contributed by atoms with Crippen LogP contribution in [0.25, 0.3) is 0 Å². The molecule has 140 valence electrons. The Kier molecular flexibility index (Phi) is 5.96. The average molecular weight is 360 g/mol. The summed E-state index contributed by atoms with van der Waals surface area (Å²) in [5, 5.41) is 19.4. The number of aliphatic hydroxyl groups is 1. The molecule has 2 aromatic rings. The molecular formula is C20H25FN2O3. The third kappa shape index (κ3) is 4.86. The molecule has 26 heavy (non-hydrogen) atoms. The van der Waals surface area contributed by atoms with E-state index in [0.717, 1.165) is 31.9 Å². The first-order valence-electron chi connectivity index (χ1n) is 8.84. The molecule has 0 bridgehead atoms. The first-order valence-corrected chi connectivity index (χ1v) is 8.84. The lowest BCUT2D eigenvalue weighted by atomic mass is 10.2. The second-order valence-corrected chi connectivity index (χ2v) is 6.68. The SMILES string of the molecule is Cc1ccc(N2CCN(C[C@@H](O)COc3ccc(O)cc3)CC2)cc1F. The fourth-order valence-electron chi connectivity index (χ4n) is 3.05. The maximum atomic E-state index is 13.7. The van der Waals surface area contributed by atoms with E-state index >= 15 is 0 Å². The van der Waals surface area contributed by atoms with Crippen LogP contribution in [0.3, 0.4) is 0 Å². The number of phenols is 1. The minimum absolute atomic E-state index is 0.174. The van der Waals surface area contributed by atoms with Gasteiger partial charge in [0, 0.05) is 38.4 Å². The van der Waals surface area contributed by atoms with Crippen LogP contribution in [0.5, 0.6) is 11.5 Å². The Hall–Kier alpha value is -2.31. The number of hydrogen-bond donors (Lipinski definition) is 2. The highest BCUT2D eigenvalue weighted by atomic mass is 19.1. The van der Waals surface area contributed by atoms with E-state index in [1.54, 1.807) is 37.3 Å². The molecule has 3 rings (SSSR count). The van der Waals surface area contributed by atoms with Crippen molar-refractivity contribution in [1.82, 2.24) is 4.90 Å². The van der Waals surface area contributed by atoms with E-state index in [2.05, 4.69) is 9.80 Å². The number of β-amino-alcohol motifs (C(OH)–C–C–N with tert-alkyl or cyclic N) is 1. The van der Waals surface area contributed by atoms with Crippen LogP contribution in [0, 0.1) is 12.7 Å². The van der Waals surface area contributed by atoms with Gasteiger partial charge in [-0.25, -0.2) is 4.39 Å². The minimum Gasteiger partial charge on any atom is -0.508 e. The summed E-state index contributed by atoms with van der Waals surface area (Å²) in [6, 6.07) is 11.8. The summed E-state index contributed by atoms with van der Waals surface area (Å²) < 4.78 is 19.3. The molecule has 0 spiro atoms. The predicted octanol–water partition coefficient (Wildman–Crippen LogP) is 2.40. The Labute approximate surface area is 153 Å². The van der Waals surface area contributed by atoms with Gasteiger partial charge in [-0.05, 0) is 48.9 Å². The molecule has 1 aliphatic heterocycles. The molecule has 1 atom stereocenters. The Morgan fingerprint density at radius 2 is 1.77 bits per heavy atom. The standard InChI is InChI=1S/C20H25FN2O3/c1-15-2-3-16(12-20(15)21)23-10-8-22(9-11-23)13-18(25)14-26-19-6-4-17(24)5-7-19/h2-7,12,18,24-25H,8-11,13-14H2,1H3/t18-/m1/s1. The molecule has 0 aromatic heterocycles. The van der Waals surface area contributed by atoms with E-state index in [1.165, 1.54) is 0 Å². The predicted molar refractivity (Wildman–Crippen MR) is 99.4 cm³/mol. The topological polar surface area (TPSA) is 56.2 Å². The van der Waals surface area contributed by atoms with Gasteiger partial charge in [0.1, 0.15) is 30.0 Å². The Morgan fingerprint density at radius 3 is 2.42 bits per heavy atom. The van der Waals surface area contributed by atoms with Crippen LogP contribution in [0.4, 0.5) is 10.1 Å². The van der Waals surface area contributed by atoms with Crippen LogP contribution in [0.2, 0.25) is 0 Å². The number of rotatable bonds is 6. The highest BCUT2D eigenvalue weighted by Crippen LogP contribution is 2.20. The Balaban J connectivity index is 1.43. The molecular weight excluding hydrogens is 335 g/mol. The maximum absolute atomic E-state index is 13.7. The second-order valence-electron chi connectivity index (χ2n) is 6.68. The number of benzene rings is 2. The van der Waals surface area contributed by atoms with E-state index in [9.17, 15) is 14.6 Å². The van der Waals surface area contributed by atoms with Gasteiger partial charge in [-0.1, -0.05) is 6.07 Å². The largest absolute Gasteiger partial charge is 0.508 e. The van der Waals surface area contributed by atoms with Crippen LogP contribution in [0.1, 0.15) is 5.56 Å². The molecule has 1 fully saturated rings. The van der Waals surface area contributed by atoms with Crippen LogP contribution in [0.15, 0.2) is 42.5 Å². The summed E-state index contributed by atoms with van der Waals surface area (Å²) in [7, 11) is 0. The molecule has 6 heteroatoms. The molecule has 0 aliphatic carbocycles. The third-order valence-electron chi connectivity index (χ3n) is 4.64. The molecule has 0 saturated carbocycles. The lowest BCUT2D eigenvalue weighted by molar-refractivity contribution is 0.0663. The highest BCUT2D eigenvalue weighted by Gasteiger charge is 2.20. The lowest BCUT2D eigenvalue weighted by Crippen LogP contribution is -2.49. The zero-order valence-electron chi connectivity index (χ0n) is 14.9. The number of piperazine rings is 1. The van der Waals surface area contributed by atoms with Crippen molar-refractivity contribution in [1.29, 1.82) is 0 Å². The van der Waals surface area contributed by atoms with Crippen molar-refractivity contribution in [2.75, 3.05) is 44.2 Å². The van der Waals surface area contributed by atoms with Crippen LogP contribution in [-0.2, 0) is 0 Å². The number of ether oxygens (including phenoxy) is 1. The number of anilines is 1. The van der Waals surface area contributed by atoms with Crippen LogP contribution < -0.4 is 9.64 Å². The minimum atomic E-state index is -0.591. The first kappa shape index (κ1) is 18.5. The summed E-state index contributed by atoms with van der Waals surface area (Å²) in [4.78, 5) is 4.35. The van der Waals surface area contributed by atoms with E-state index in [0.29, 0.717) is 17.9 Å². The van der Waals surface area contributed by atoms with Crippen molar-refractivity contribution >= 4 is 5.69 Å². The molecule has 0 amide bonds. The van der Waals surface area contributed by atoms with Crippen molar-refractivity contribution in [2.24, 2.45) is 0 Å². The number of aliphatic hydroxyl groups excluding tert-OH is 1. The molecule has 0 unspecified atom stereocenters. The molecule has 1 saturated heterocycles. The third-order valence-corrected chi connectivity index (χ3v) is 4.64. The monoisotopic (exact) mass is 360 g/mol. The fraction of sp³-hybridized carbons (Fsp3) is 0.400. The fourth-order valence-corrected chi connectivity index (χ4v) is 3.05. The molecule has 2 N–H and O–H groups in total. The number of nitrogens with zero attached hydrogens (tertiary/aromatic N) is 2. The summed E-state index contributed by atoms with van der Waals surface area (Å²) >= 11 is 0. The maximum Gasteiger partial charge on any atom is 0.128 e. The summed E-state index contributed by atoms with van der Waals surface area (Å²) in [5.74, 6) is 0.629. The molecule has 1 aliphatic rings. The summed E-state index contributed by atoms with van der Waals surface area (Å²) in [6.45, 7) is 5.72. The van der Waals surface area contributed by atoms with Crippen molar-refractivity contribution in [2.45, 2.75) is 13.0 Å². The van der Waals surface area contributed by atoms with Gasteiger partial charge in [0.25, 0.3) is 0 Å². The summed E-state index contributed by atoms with van der Waals surface area (Å²) in [6.07, 6.45) is -0.591. The van der Waals surface area contributed by atoms with Crippen LogP contribution >= 0.6 is 0 Å². The van der Waals surface area contributed by atoms with Gasteiger partial charge < -0.3 is 19.8 Å². The quantitative estimate of drug-likeness (QED) is 0.829. The molecule has 2 aromatic carbocycles. The zero-order chi connectivity index (χ0) is 18.5. The normalized spacial score (nSPS) is 16.5. The van der Waals surface area contributed by atoms with Gasteiger partial charge in [0.15, 0.2) is 0 Å². The van der Waals surface area contributed by atoms with E-state index in [-0.39, 0.29) is 18.2 Å². The zero-order valence-corrected chi connectivity index (χ0v) is 14.9. The number of halogens is 1. The number of aromatic hydroxyl groups is 1. The van der Waals surface area contributed by atoms with Gasteiger partial charge >= 0.3 is 0 Å². The van der Waals surface area contributed by atoms with Crippen molar-refractivity contribution in [3.63, 3.8) is 0 Å². The van der Waals surface area contributed by atoms with Crippen molar-refractivity contribution in [3.05, 3.63) is 53.8 Å². The molecule has 5 nitrogen and oxygen atoms in total. The van der Waals surface area contributed by atoms with E-state index in [4.69, 9.17) is 4.74 Å². The Bertz CT molecular complexity index is 715. The average Bonchev–Trinajstić information content (AvgIpc) is 2.64. The summed E-state index contributed by atoms with van der Waals surface area (Å²) in [5.41, 5.74) is 1.56. The van der Waals surface area contributed by atoms with Gasteiger partial charge in [0.05, 0.1) is 0 Å².